The van der Waals surface area contributed by atoms with Gasteiger partial charge in [0.05, 0.1) is 7.11 Å². The van der Waals surface area contributed by atoms with Crippen LogP contribution in [0.4, 0.5) is 4.79 Å². The minimum atomic E-state index is -0.682. The molecule has 0 fully saturated rings. The summed E-state index contributed by atoms with van der Waals surface area (Å²) in [7, 11) is 1.31. The molecule has 3 nitrogen and oxygen atoms in total. The Kier molecular flexibility index (Phi) is 7.14. The number of ether oxygens (including phenoxy) is 2. The highest BCUT2D eigenvalue weighted by Crippen LogP contribution is 2.41. The van der Waals surface area contributed by atoms with Crippen molar-refractivity contribution in [3.63, 3.8) is 0 Å². The maximum atomic E-state index is 11.4. The SMILES string of the molecule is CCCCC1=CC=CC(OC(=O)OC)C1(Cl)CCCC. The average Bonchev–Trinajstić information content (AvgIpc) is 2.46. The number of methoxy groups -OCH3 is 1. The van der Waals surface area contributed by atoms with Crippen LogP contribution in [0.5, 0.6) is 0 Å². The van der Waals surface area contributed by atoms with Crippen molar-refractivity contribution in [1.82, 2.24) is 0 Å². The molecular weight excluding hydrogens is 276 g/mol. The Morgan fingerprint density at radius 1 is 1.35 bits per heavy atom. The molecule has 114 valence electrons. The van der Waals surface area contributed by atoms with E-state index in [0.717, 1.165) is 44.1 Å². The number of allylic oxidation sites excluding steroid dienone is 2. The highest BCUT2D eigenvalue weighted by Gasteiger charge is 2.42. The highest BCUT2D eigenvalue weighted by molar-refractivity contribution is 6.26. The minimum Gasteiger partial charge on any atom is -0.438 e. The predicted octanol–water partition coefficient (Wildman–Crippen LogP) is 4.99. The Labute approximate surface area is 127 Å². The van der Waals surface area contributed by atoms with Gasteiger partial charge in [0.1, 0.15) is 11.0 Å². The van der Waals surface area contributed by atoms with E-state index in [1.807, 2.05) is 12.2 Å². The molecule has 0 aromatic carbocycles. The van der Waals surface area contributed by atoms with Gasteiger partial charge in [-0.25, -0.2) is 4.79 Å². The van der Waals surface area contributed by atoms with Crippen molar-refractivity contribution >= 4 is 17.8 Å². The van der Waals surface area contributed by atoms with E-state index >= 15 is 0 Å². The largest absolute Gasteiger partial charge is 0.508 e. The molecule has 0 spiro atoms. The molecule has 1 aliphatic carbocycles. The summed E-state index contributed by atoms with van der Waals surface area (Å²) in [4.78, 5) is 10.8. The van der Waals surface area contributed by atoms with Crippen LogP contribution in [-0.4, -0.2) is 24.2 Å². The Bertz CT molecular complexity index is 376. The molecule has 2 atom stereocenters. The Balaban J connectivity index is 2.90. The molecule has 1 aliphatic rings. The van der Waals surface area contributed by atoms with Gasteiger partial charge in [0.25, 0.3) is 0 Å². The first kappa shape index (κ1) is 17.1. The summed E-state index contributed by atoms with van der Waals surface area (Å²) in [5, 5.41) is 0. The third kappa shape index (κ3) is 4.27. The van der Waals surface area contributed by atoms with Gasteiger partial charge in [0, 0.05) is 0 Å². The fraction of sp³-hybridized carbons (Fsp3) is 0.688. The number of unbranched alkanes of at least 4 members (excludes halogenated alkanes) is 2. The van der Waals surface area contributed by atoms with Crippen LogP contribution in [0.3, 0.4) is 0 Å². The number of rotatable bonds is 7. The number of hydrogen-bond acceptors (Lipinski definition) is 3. The van der Waals surface area contributed by atoms with Crippen molar-refractivity contribution in [1.29, 1.82) is 0 Å². The molecule has 0 aliphatic heterocycles. The fourth-order valence-electron chi connectivity index (χ4n) is 2.43. The number of carbonyl (C=O) groups is 1. The number of alkyl halides is 1. The topological polar surface area (TPSA) is 35.5 Å². The predicted molar refractivity (Wildman–Crippen MR) is 82.1 cm³/mol. The van der Waals surface area contributed by atoms with Gasteiger partial charge < -0.3 is 9.47 Å². The molecule has 0 N–H and O–H groups in total. The van der Waals surface area contributed by atoms with Gasteiger partial charge in [-0.05, 0) is 30.9 Å². The average molecular weight is 301 g/mol. The zero-order chi connectivity index (χ0) is 15.0. The van der Waals surface area contributed by atoms with Crippen molar-refractivity contribution in [2.24, 2.45) is 0 Å². The third-order valence-corrected chi connectivity index (χ3v) is 4.30. The molecule has 0 saturated carbocycles. The Morgan fingerprint density at radius 2 is 2.05 bits per heavy atom. The standard InChI is InChI=1S/C16H25ClO3/c1-4-6-9-13-10-8-11-14(20-15(18)19-3)16(13,17)12-7-5-2/h8,10-11,14H,4-7,9,12H2,1-3H3. The molecule has 0 aromatic rings. The van der Waals surface area contributed by atoms with Crippen LogP contribution in [-0.2, 0) is 9.47 Å². The van der Waals surface area contributed by atoms with E-state index in [4.69, 9.17) is 16.3 Å². The lowest BCUT2D eigenvalue weighted by Gasteiger charge is -2.37. The van der Waals surface area contributed by atoms with Crippen molar-refractivity contribution in [3.05, 3.63) is 23.8 Å². The Hall–Kier alpha value is -0.960. The second-order valence-electron chi connectivity index (χ2n) is 5.14. The molecular formula is C16H25ClO3. The molecule has 1 rings (SSSR count). The lowest BCUT2D eigenvalue weighted by atomic mass is 9.81. The molecule has 0 radical (unpaired) electrons. The summed E-state index contributed by atoms with van der Waals surface area (Å²) in [6, 6.07) is 0. The van der Waals surface area contributed by atoms with Crippen LogP contribution in [0, 0.1) is 0 Å². The van der Waals surface area contributed by atoms with Gasteiger partial charge in [-0.15, -0.1) is 11.6 Å². The van der Waals surface area contributed by atoms with E-state index in [-0.39, 0.29) is 0 Å². The van der Waals surface area contributed by atoms with Gasteiger partial charge in [0.15, 0.2) is 0 Å². The van der Waals surface area contributed by atoms with Crippen LogP contribution in [0.15, 0.2) is 23.8 Å². The summed E-state index contributed by atoms with van der Waals surface area (Å²) in [5.41, 5.74) is 1.16. The van der Waals surface area contributed by atoms with E-state index in [1.165, 1.54) is 7.11 Å². The van der Waals surface area contributed by atoms with Crippen molar-refractivity contribution in [2.75, 3.05) is 7.11 Å². The normalized spacial score (nSPS) is 25.2. The highest BCUT2D eigenvalue weighted by atomic mass is 35.5. The smallest absolute Gasteiger partial charge is 0.438 e. The lowest BCUT2D eigenvalue weighted by molar-refractivity contribution is 0.0402. The molecule has 2 unspecified atom stereocenters. The van der Waals surface area contributed by atoms with Gasteiger partial charge in [-0.1, -0.05) is 45.3 Å². The summed E-state index contributed by atoms with van der Waals surface area (Å²) >= 11 is 6.87. The van der Waals surface area contributed by atoms with E-state index in [1.54, 1.807) is 0 Å². The molecule has 0 bridgehead atoms. The van der Waals surface area contributed by atoms with E-state index in [0.29, 0.717) is 0 Å². The third-order valence-electron chi connectivity index (χ3n) is 3.65. The van der Waals surface area contributed by atoms with Gasteiger partial charge in [-0.2, -0.15) is 0 Å². The zero-order valence-electron chi connectivity index (χ0n) is 12.7. The first-order chi connectivity index (χ1) is 9.58. The van der Waals surface area contributed by atoms with Crippen LogP contribution >= 0.6 is 11.6 Å². The van der Waals surface area contributed by atoms with Crippen molar-refractivity contribution in [2.45, 2.75) is 63.4 Å². The fourth-order valence-corrected chi connectivity index (χ4v) is 2.83. The van der Waals surface area contributed by atoms with Gasteiger partial charge >= 0.3 is 6.16 Å². The van der Waals surface area contributed by atoms with Crippen LogP contribution in [0.2, 0.25) is 0 Å². The molecule has 0 saturated heterocycles. The molecule has 20 heavy (non-hydrogen) atoms. The first-order valence-corrected chi connectivity index (χ1v) is 7.77. The lowest BCUT2D eigenvalue weighted by Crippen LogP contribution is -2.42. The maximum Gasteiger partial charge on any atom is 0.508 e. The zero-order valence-corrected chi connectivity index (χ0v) is 13.4. The summed E-state index contributed by atoms with van der Waals surface area (Å²) in [5.74, 6) is 0. The number of carbonyl (C=O) groups excluding carboxylic acids is 1. The van der Waals surface area contributed by atoms with E-state index < -0.39 is 17.1 Å². The summed E-state index contributed by atoms with van der Waals surface area (Å²) in [6.07, 6.45) is 10.7. The molecule has 4 heteroatoms. The molecule has 0 aromatic heterocycles. The van der Waals surface area contributed by atoms with Crippen molar-refractivity contribution < 1.29 is 14.3 Å². The molecule has 0 heterocycles. The van der Waals surface area contributed by atoms with E-state index in [9.17, 15) is 4.79 Å². The minimum absolute atomic E-state index is 0.458. The molecule has 0 amide bonds. The maximum absolute atomic E-state index is 11.4. The van der Waals surface area contributed by atoms with E-state index in [2.05, 4.69) is 24.7 Å². The van der Waals surface area contributed by atoms with Gasteiger partial charge in [-0.3, -0.25) is 0 Å². The quantitative estimate of drug-likeness (QED) is 0.490. The first-order valence-electron chi connectivity index (χ1n) is 7.39. The Morgan fingerprint density at radius 3 is 2.65 bits per heavy atom. The summed E-state index contributed by atoms with van der Waals surface area (Å²) < 4.78 is 9.94. The number of hydrogen-bond donors (Lipinski definition) is 0. The van der Waals surface area contributed by atoms with Crippen molar-refractivity contribution in [3.8, 4) is 0 Å². The number of halogens is 1. The van der Waals surface area contributed by atoms with Crippen LogP contribution in [0.1, 0.15) is 52.4 Å². The van der Waals surface area contributed by atoms with Gasteiger partial charge in [0.2, 0.25) is 0 Å². The summed E-state index contributed by atoms with van der Waals surface area (Å²) in [6.45, 7) is 4.29. The monoisotopic (exact) mass is 300 g/mol. The van der Waals surface area contributed by atoms with Crippen LogP contribution in [0.25, 0.3) is 0 Å². The van der Waals surface area contributed by atoms with Crippen LogP contribution < -0.4 is 0 Å². The second kappa shape index (κ2) is 8.35. The second-order valence-corrected chi connectivity index (χ2v) is 5.81.